The largest absolute Gasteiger partial charge is 0.508 e. The Morgan fingerprint density at radius 3 is 2.59 bits per heavy atom. The number of benzene rings is 1. The first-order chi connectivity index (χ1) is 8.08. The average Bonchev–Trinajstić information content (AvgIpc) is 2.74. The van der Waals surface area contributed by atoms with Gasteiger partial charge in [0.1, 0.15) is 13.2 Å². The van der Waals surface area contributed by atoms with Crippen LogP contribution in [0, 0.1) is 0 Å². The maximum absolute atomic E-state index is 11.7. The van der Waals surface area contributed by atoms with Gasteiger partial charge in [-0.3, -0.25) is 4.18 Å². The van der Waals surface area contributed by atoms with Gasteiger partial charge in [-0.25, -0.2) is 4.79 Å². The van der Waals surface area contributed by atoms with Gasteiger partial charge in [0.05, 0.1) is 4.90 Å². The third-order valence-corrected chi connectivity index (χ3v) is 3.39. The van der Waals surface area contributed by atoms with Gasteiger partial charge in [-0.05, 0) is 12.1 Å². The van der Waals surface area contributed by atoms with Crippen LogP contribution in [0.4, 0.5) is 4.79 Å². The number of rotatable bonds is 4. The monoisotopic (exact) mass is 258 g/mol. The molecular formula is C10H10O6S. The second kappa shape index (κ2) is 4.72. The van der Waals surface area contributed by atoms with Crippen molar-refractivity contribution in [2.24, 2.45) is 0 Å². The number of hydrogen-bond acceptors (Lipinski definition) is 6. The maximum Gasteiger partial charge on any atom is 0.508 e. The van der Waals surface area contributed by atoms with E-state index in [-0.39, 0.29) is 18.1 Å². The lowest BCUT2D eigenvalue weighted by Gasteiger charge is -2.07. The van der Waals surface area contributed by atoms with E-state index >= 15 is 0 Å². The quantitative estimate of drug-likeness (QED) is 0.590. The number of hydrogen-bond donors (Lipinski definition) is 0. The SMILES string of the molecule is O=C1OCC(COS(=O)(=O)c2ccccc2)O1. The smallest absolute Gasteiger partial charge is 0.430 e. The van der Waals surface area contributed by atoms with Gasteiger partial charge in [-0.2, -0.15) is 8.42 Å². The first kappa shape index (κ1) is 11.9. The Balaban J connectivity index is 1.97. The summed E-state index contributed by atoms with van der Waals surface area (Å²) < 4.78 is 37.2. The van der Waals surface area contributed by atoms with Crippen LogP contribution in [0.1, 0.15) is 0 Å². The molecule has 1 atom stereocenters. The number of carbonyl (C=O) groups excluding carboxylic acids is 1. The third kappa shape index (κ3) is 2.95. The molecule has 0 radical (unpaired) electrons. The van der Waals surface area contributed by atoms with E-state index in [1.807, 2.05) is 0 Å². The van der Waals surface area contributed by atoms with E-state index < -0.39 is 22.4 Å². The molecule has 1 aromatic carbocycles. The van der Waals surface area contributed by atoms with Gasteiger partial charge in [0.2, 0.25) is 0 Å². The standard InChI is InChI=1S/C10H10O6S/c11-10-14-6-8(16-10)7-15-17(12,13)9-4-2-1-3-5-9/h1-5,8H,6-7H2. The summed E-state index contributed by atoms with van der Waals surface area (Å²) >= 11 is 0. The summed E-state index contributed by atoms with van der Waals surface area (Å²) in [6.45, 7) is -0.244. The van der Waals surface area contributed by atoms with Crippen LogP contribution in [-0.2, 0) is 23.8 Å². The topological polar surface area (TPSA) is 78.9 Å². The van der Waals surface area contributed by atoms with Gasteiger partial charge in [0.15, 0.2) is 6.10 Å². The van der Waals surface area contributed by atoms with Crippen molar-refractivity contribution in [3.8, 4) is 0 Å². The fourth-order valence-electron chi connectivity index (χ4n) is 1.27. The Morgan fingerprint density at radius 1 is 1.29 bits per heavy atom. The van der Waals surface area contributed by atoms with Crippen molar-refractivity contribution in [1.29, 1.82) is 0 Å². The normalized spacial score (nSPS) is 19.8. The molecule has 1 fully saturated rings. The zero-order valence-corrected chi connectivity index (χ0v) is 9.55. The molecule has 0 aliphatic carbocycles. The lowest BCUT2D eigenvalue weighted by Crippen LogP contribution is -2.21. The zero-order valence-electron chi connectivity index (χ0n) is 8.74. The molecule has 1 unspecified atom stereocenters. The van der Waals surface area contributed by atoms with Crippen molar-refractivity contribution >= 4 is 16.3 Å². The van der Waals surface area contributed by atoms with Crippen molar-refractivity contribution < 1.29 is 26.9 Å². The Morgan fingerprint density at radius 2 is 2.00 bits per heavy atom. The van der Waals surface area contributed by atoms with Crippen LogP contribution in [0.25, 0.3) is 0 Å². The predicted octanol–water partition coefficient (Wildman–Crippen LogP) is 0.927. The van der Waals surface area contributed by atoms with Gasteiger partial charge >= 0.3 is 6.16 Å². The first-order valence-corrected chi connectivity index (χ1v) is 6.26. The van der Waals surface area contributed by atoms with Gasteiger partial charge in [-0.15, -0.1) is 0 Å². The lowest BCUT2D eigenvalue weighted by molar-refractivity contribution is 0.0996. The molecule has 17 heavy (non-hydrogen) atoms. The molecule has 0 amide bonds. The minimum Gasteiger partial charge on any atom is -0.430 e. The van der Waals surface area contributed by atoms with Crippen molar-refractivity contribution in [3.05, 3.63) is 30.3 Å². The van der Waals surface area contributed by atoms with Gasteiger partial charge < -0.3 is 9.47 Å². The number of cyclic esters (lactones) is 2. The van der Waals surface area contributed by atoms with Crippen LogP contribution in [-0.4, -0.2) is 33.9 Å². The molecule has 1 saturated heterocycles. The lowest BCUT2D eigenvalue weighted by atomic mass is 10.4. The molecule has 1 heterocycles. The van der Waals surface area contributed by atoms with Crippen molar-refractivity contribution in [2.45, 2.75) is 11.0 Å². The minimum absolute atomic E-state index is 0.00312. The summed E-state index contributed by atoms with van der Waals surface area (Å²) in [7, 11) is -3.81. The van der Waals surface area contributed by atoms with Crippen LogP contribution in [0.3, 0.4) is 0 Å². The Labute approximate surface area is 98.2 Å². The molecule has 1 aliphatic rings. The van der Waals surface area contributed by atoms with Gasteiger partial charge in [-0.1, -0.05) is 18.2 Å². The summed E-state index contributed by atoms with van der Waals surface area (Å²) in [5.41, 5.74) is 0. The van der Waals surface area contributed by atoms with E-state index in [0.29, 0.717) is 0 Å². The summed E-state index contributed by atoms with van der Waals surface area (Å²) in [5.74, 6) is 0. The van der Waals surface area contributed by atoms with E-state index in [1.165, 1.54) is 12.1 Å². The molecule has 0 bridgehead atoms. The van der Waals surface area contributed by atoms with E-state index in [1.54, 1.807) is 18.2 Å². The van der Waals surface area contributed by atoms with Gasteiger partial charge in [0, 0.05) is 0 Å². The van der Waals surface area contributed by atoms with Crippen LogP contribution < -0.4 is 0 Å². The summed E-state index contributed by atoms with van der Waals surface area (Å²) in [6, 6.07) is 7.73. The molecule has 0 aromatic heterocycles. The highest BCUT2D eigenvalue weighted by Gasteiger charge is 2.27. The molecule has 7 heteroatoms. The predicted molar refractivity (Wildman–Crippen MR) is 55.8 cm³/mol. The van der Waals surface area contributed by atoms with E-state index in [9.17, 15) is 13.2 Å². The molecule has 1 aromatic rings. The second-order valence-corrected chi connectivity index (χ2v) is 4.97. The Hall–Kier alpha value is -1.60. The zero-order chi connectivity index (χ0) is 12.3. The second-order valence-electron chi connectivity index (χ2n) is 3.35. The van der Waals surface area contributed by atoms with Crippen LogP contribution in [0.15, 0.2) is 35.2 Å². The Bertz CT molecular complexity index is 495. The summed E-state index contributed by atoms with van der Waals surface area (Å²) in [5, 5.41) is 0. The highest BCUT2D eigenvalue weighted by Crippen LogP contribution is 2.14. The number of carbonyl (C=O) groups is 1. The molecule has 1 aliphatic heterocycles. The van der Waals surface area contributed by atoms with Gasteiger partial charge in [0.25, 0.3) is 10.1 Å². The van der Waals surface area contributed by atoms with Crippen molar-refractivity contribution in [2.75, 3.05) is 13.2 Å². The molecule has 0 spiro atoms. The van der Waals surface area contributed by atoms with Crippen LogP contribution in [0.2, 0.25) is 0 Å². The molecule has 6 nitrogen and oxygen atoms in total. The molecule has 2 rings (SSSR count). The first-order valence-electron chi connectivity index (χ1n) is 4.86. The molecule has 0 saturated carbocycles. The third-order valence-electron chi connectivity index (χ3n) is 2.09. The van der Waals surface area contributed by atoms with E-state index in [0.717, 1.165) is 0 Å². The highest BCUT2D eigenvalue weighted by molar-refractivity contribution is 7.86. The summed E-state index contributed by atoms with van der Waals surface area (Å²) in [4.78, 5) is 10.7. The van der Waals surface area contributed by atoms with E-state index in [4.69, 9.17) is 4.18 Å². The fraction of sp³-hybridized carbons (Fsp3) is 0.300. The fourth-order valence-corrected chi connectivity index (χ4v) is 2.23. The van der Waals surface area contributed by atoms with Crippen LogP contribution >= 0.6 is 0 Å². The van der Waals surface area contributed by atoms with E-state index in [2.05, 4.69) is 9.47 Å². The maximum atomic E-state index is 11.7. The van der Waals surface area contributed by atoms with Crippen LogP contribution in [0.5, 0.6) is 0 Å². The summed E-state index contributed by atoms with van der Waals surface area (Å²) in [6.07, 6.45) is -1.49. The molecule has 92 valence electrons. The minimum atomic E-state index is -3.81. The molecular weight excluding hydrogens is 248 g/mol. The molecule has 0 N–H and O–H groups in total. The van der Waals surface area contributed by atoms with Crippen molar-refractivity contribution in [1.82, 2.24) is 0 Å². The average molecular weight is 258 g/mol. The highest BCUT2D eigenvalue weighted by atomic mass is 32.2. The van der Waals surface area contributed by atoms with Crippen molar-refractivity contribution in [3.63, 3.8) is 0 Å². The Kier molecular flexibility index (Phi) is 3.30. The number of ether oxygens (including phenoxy) is 2.